The van der Waals surface area contributed by atoms with Crippen LogP contribution in [0.15, 0.2) is 41.8 Å². The van der Waals surface area contributed by atoms with Crippen molar-refractivity contribution in [3.63, 3.8) is 0 Å². The molecule has 2 fully saturated rings. The highest BCUT2D eigenvalue weighted by molar-refractivity contribution is 7.10. The predicted octanol–water partition coefficient (Wildman–Crippen LogP) is 4.02. The first-order valence-corrected chi connectivity index (χ1v) is 11.1. The fourth-order valence-corrected chi connectivity index (χ4v) is 5.98. The maximum atomic E-state index is 13.6. The average molecular weight is 396 g/mol. The summed E-state index contributed by atoms with van der Waals surface area (Å²) >= 11 is 1.75. The summed E-state index contributed by atoms with van der Waals surface area (Å²) in [5, 5.41) is 5.20. The molecule has 1 spiro atoms. The third-order valence-corrected chi connectivity index (χ3v) is 7.43. The smallest absolute Gasteiger partial charge is 0.319 e. The number of hydrogen-bond donors (Lipinski definition) is 1. The fraction of sp³-hybridized carbons (Fsp3) is 0.455. The second kappa shape index (κ2) is 7.01. The molecule has 2 unspecified atom stereocenters. The van der Waals surface area contributed by atoms with Crippen LogP contribution in [0.5, 0.6) is 0 Å². The minimum absolute atomic E-state index is 0.0799. The maximum Gasteiger partial charge on any atom is 0.326 e. The summed E-state index contributed by atoms with van der Waals surface area (Å²) in [6.07, 6.45) is 5.82. The summed E-state index contributed by atoms with van der Waals surface area (Å²) in [5.41, 5.74) is 1.29. The zero-order chi connectivity index (χ0) is 19.1. The number of thiophene rings is 1. The van der Waals surface area contributed by atoms with Crippen molar-refractivity contribution in [2.24, 2.45) is 0 Å². The predicted molar refractivity (Wildman–Crippen MR) is 109 cm³/mol. The standard InChI is InChI=1S/C22H25N3O2S/c26-20-22(12-4-3-8-16-7-1-2-9-17(16)22)23-21(27)25(20)15-24-13-5-10-18(24)19-11-6-14-28-19/h1-2,6-7,9,11,14,18H,3-5,8,10,12-13,15H2,(H,23,27). The summed E-state index contributed by atoms with van der Waals surface area (Å²) in [5.74, 6) is -0.0799. The summed E-state index contributed by atoms with van der Waals surface area (Å²) in [4.78, 5) is 31.6. The Morgan fingerprint density at radius 3 is 2.86 bits per heavy atom. The number of likely N-dealkylation sites (tertiary alicyclic amines) is 1. The van der Waals surface area contributed by atoms with Crippen molar-refractivity contribution < 1.29 is 9.59 Å². The summed E-state index contributed by atoms with van der Waals surface area (Å²) in [6.45, 7) is 1.29. The molecule has 146 valence electrons. The van der Waals surface area contributed by atoms with Crippen LogP contribution < -0.4 is 5.32 Å². The summed E-state index contributed by atoms with van der Waals surface area (Å²) < 4.78 is 0. The van der Waals surface area contributed by atoms with Crippen LogP contribution in [0.3, 0.4) is 0 Å². The SMILES string of the molecule is O=C1NC2(CCCCc3ccccc32)C(=O)N1CN1CCCC1c1cccs1. The van der Waals surface area contributed by atoms with Crippen molar-refractivity contribution in [3.05, 3.63) is 57.8 Å². The van der Waals surface area contributed by atoms with Gasteiger partial charge in [0.15, 0.2) is 0 Å². The van der Waals surface area contributed by atoms with Crippen LogP contribution in [-0.4, -0.2) is 35.0 Å². The Morgan fingerprint density at radius 2 is 2.00 bits per heavy atom. The molecule has 1 aliphatic carbocycles. The van der Waals surface area contributed by atoms with Gasteiger partial charge in [-0.2, -0.15) is 0 Å². The van der Waals surface area contributed by atoms with Crippen LogP contribution in [0.2, 0.25) is 0 Å². The molecule has 28 heavy (non-hydrogen) atoms. The van der Waals surface area contributed by atoms with Crippen LogP contribution in [0.25, 0.3) is 0 Å². The molecule has 2 aromatic rings. The minimum atomic E-state index is -0.887. The second-order valence-electron chi connectivity index (χ2n) is 8.06. The van der Waals surface area contributed by atoms with E-state index in [0.717, 1.165) is 44.2 Å². The van der Waals surface area contributed by atoms with E-state index in [4.69, 9.17) is 0 Å². The van der Waals surface area contributed by atoms with Crippen molar-refractivity contribution in [1.82, 2.24) is 15.1 Å². The molecule has 5 nitrogen and oxygen atoms in total. The van der Waals surface area contributed by atoms with Gasteiger partial charge in [-0.3, -0.25) is 9.69 Å². The molecule has 5 rings (SSSR count). The summed E-state index contributed by atoms with van der Waals surface area (Å²) in [7, 11) is 0. The quantitative estimate of drug-likeness (QED) is 0.799. The Labute approximate surface area is 169 Å². The van der Waals surface area contributed by atoms with Gasteiger partial charge in [0.2, 0.25) is 0 Å². The number of amides is 3. The molecular formula is C22H25N3O2S. The van der Waals surface area contributed by atoms with Crippen molar-refractivity contribution >= 4 is 23.3 Å². The van der Waals surface area contributed by atoms with E-state index in [0.29, 0.717) is 19.1 Å². The Morgan fingerprint density at radius 1 is 1.11 bits per heavy atom. The molecule has 3 heterocycles. The van der Waals surface area contributed by atoms with Gasteiger partial charge < -0.3 is 5.32 Å². The van der Waals surface area contributed by atoms with E-state index in [1.54, 1.807) is 11.3 Å². The number of urea groups is 1. The van der Waals surface area contributed by atoms with Gasteiger partial charge >= 0.3 is 6.03 Å². The molecule has 3 aliphatic rings. The van der Waals surface area contributed by atoms with Crippen molar-refractivity contribution in [1.29, 1.82) is 0 Å². The first kappa shape index (κ1) is 17.9. The van der Waals surface area contributed by atoms with Gasteiger partial charge in [0, 0.05) is 17.5 Å². The van der Waals surface area contributed by atoms with Crippen LogP contribution in [0.1, 0.15) is 54.1 Å². The molecule has 2 aliphatic heterocycles. The monoisotopic (exact) mass is 395 g/mol. The Bertz CT molecular complexity index is 897. The fourth-order valence-electron chi connectivity index (χ4n) is 5.08. The molecule has 1 aromatic heterocycles. The number of carbonyl (C=O) groups excluding carboxylic acids is 2. The van der Waals surface area contributed by atoms with Crippen LogP contribution in [-0.2, 0) is 16.8 Å². The van der Waals surface area contributed by atoms with Crippen molar-refractivity contribution in [2.75, 3.05) is 13.2 Å². The second-order valence-corrected chi connectivity index (χ2v) is 9.04. The molecule has 1 aromatic carbocycles. The van der Waals surface area contributed by atoms with Gasteiger partial charge in [-0.1, -0.05) is 30.3 Å². The van der Waals surface area contributed by atoms with E-state index in [1.165, 1.54) is 15.3 Å². The first-order chi connectivity index (χ1) is 13.7. The Balaban J connectivity index is 1.44. The molecule has 0 radical (unpaired) electrons. The number of imide groups is 1. The zero-order valence-corrected chi connectivity index (χ0v) is 16.7. The lowest BCUT2D eigenvalue weighted by atomic mass is 9.84. The van der Waals surface area contributed by atoms with E-state index < -0.39 is 5.54 Å². The van der Waals surface area contributed by atoms with Crippen LogP contribution >= 0.6 is 11.3 Å². The van der Waals surface area contributed by atoms with E-state index >= 15 is 0 Å². The lowest BCUT2D eigenvalue weighted by Crippen LogP contribution is -2.45. The zero-order valence-electron chi connectivity index (χ0n) is 15.9. The lowest BCUT2D eigenvalue weighted by Gasteiger charge is -2.30. The number of hydrogen-bond acceptors (Lipinski definition) is 4. The number of carbonyl (C=O) groups is 2. The van der Waals surface area contributed by atoms with E-state index in [2.05, 4.69) is 33.8 Å². The minimum Gasteiger partial charge on any atom is -0.319 e. The van der Waals surface area contributed by atoms with Gasteiger partial charge in [0.25, 0.3) is 5.91 Å². The summed E-state index contributed by atoms with van der Waals surface area (Å²) in [6, 6.07) is 12.4. The van der Waals surface area contributed by atoms with E-state index in [-0.39, 0.29) is 11.9 Å². The number of nitrogens with one attached hydrogen (secondary N) is 1. The van der Waals surface area contributed by atoms with Gasteiger partial charge in [0.05, 0.1) is 6.67 Å². The van der Waals surface area contributed by atoms with Crippen molar-refractivity contribution in [3.8, 4) is 0 Å². The number of fused-ring (bicyclic) bond motifs is 2. The number of rotatable bonds is 3. The molecule has 1 N–H and O–H groups in total. The molecular weight excluding hydrogens is 370 g/mol. The Kier molecular flexibility index (Phi) is 4.48. The van der Waals surface area contributed by atoms with Crippen LogP contribution in [0, 0.1) is 0 Å². The third-order valence-electron chi connectivity index (χ3n) is 6.46. The van der Waals surface area contributed by atoms with Gasteiger partial charge in [-0.05, 0) is 61.1 Å². The highest BCUT2D eigenvalue weighted by atomic mass is 32.1. The highest BCUT2D eigenvalue weighted by Crippen LogP contribution is 2.40. The first-order valence-electron chi connectivity index (χ1n) is 10.2. The van der Waals surface area contributed by atoms with Gasteiger partial charge in [-0.25, -0.2) is 9.69 Å². The average Bonchev–Trinajstić information content (AvgIpc) is 3.40. The highest BCUT2D eigenvalue weighted by Gasteiger charge is 2.53. The van der Waals surface area contributed by atoms with E-state index in [9.17, 15) is 9.59 Å². The number of benzene rings is 1. The molecule has 3 amide bonds. The van der Waals surface area contributed by atoms with Crippen molar-refractivity contribution in [2.45, 2.75) is 50.1 Å². The van der Waals surface area contributed by atoms with Gasteiger partial charge in [0.1, 0.15) is 5.54 Å². The normalized spacial score (nSPS) is 27.9. The largest absolute Gasteiger partial charge is 0.326 e. The maximum absolute atomic E-state index is 13.6. The lowest BCUT2D eigenvalue weighted by molar-refractivity contribution is -0.133. The molecule has 0 saturated carbocycles. The van der Waals surface area contributed by atoms with E-state index in [1.807, 2.05) is 18.2 Å². The molecule has 6 heteroatoms. The number of nitrogens with zero attached hydrogens (tertiary/aromatic N) is 2. The number of aryl methyl sites for hydroxylation is 1. The third kappa shape index (κ3) is 2.78. The van der Waals surface area contributed by atoms with Gasteiger partial charge in [-0.15, -0.1) is 11.3 Å². The van der Waals surface area contributed by atoms with Crippen LogP contribution in [0.4, 0.5) is 4.79 Å². The topological polar surface area (TPSA) is 52.7 Å². The molecule has 2 saturated heterocycles. The molecule has 2 atom stereocenters. The molecule has 0 bridgehead atoms. The Hall–Kier alpha value is -2.18.